The van der Waals surface area contributed by atoms with Gasteiger partial charge in [0.25, 0.3) is 5.91 Å². The maximum atomic E-state index is 11.9. The molecule has 1 fully saturated rings. The molecule has 5 nitrogen and oxygen atoms in total. The number of nitrogens with one attached hydrogen (secondary N) is 2. The SMILES string of the molecule is CCc1ccc(C(=O)NCCCN2CCCC(O)C2)[nH]1. The van der Waals surface area contributed by atoms with Gasteiger partial charge in [-0.3, -0.25) is 4.79 Å². The summed E-state index contributed by atoms with van der Waals surface area (Å²) in [6, 6.07) is 3.78. The highest BCUT2D eigenvalue weighted by Crippen LogP contribution is 2.09. The number of amides is 1. The van der Waals surface area contributed by atoms with Crippen LogP contribution in [0.1, 0.15) is 42.4 Å². The van der Waals surface area contributed by atoms with Gasteiger partial charge in [0.15, 0.2) is 0 Å². The lowest BCUT2D eigenvalue weighted by Gasteiger charge is -2.29. The van der Waals surface area contributed by atoms with Crippen molar-refractivity contribution >= 4 is 5.91 Å². The minimum atomic E-state index is -0.176. The average Bonchev–Trinajstić information content (AvgIpc) is 2.92. The number of likely N-dealkylation sites (tertiary alicyclic amines) is 1. The Labute approximate surface area is 120 Å². The molecule has 1 amide bonds. The maximum Gasteiger partial charge on any atom is 0.267 e. The summed E-state index contributed by atoms with van der Waals surface area (Å²) in [5.41, 5.74) is 1.72. The minimum Gasteiger partial charge on any atom is -0.392 e. The van der Waals surface area contributed by atoms with Crippen molar-refractivity contribution in [2.24, 2.45) is 0 Å². The van der Waals surface area contributed by atoms with Gasteiger partial charge in [0.1, 0.15) is 5.69 Å². The Kier molecular flexibility index (Phi) is 5.61. The molecule has 1 aliphatic heterocycles. The van der Waals surface area contributed by atoms with E-state index in [1.54, 1.807) is 0 Å². The first-order chi connectivity index (χ1) is 9.69. The first-order valence-corrected chi connectivity index (χ1v) is 7.55. The van der Waals surface area contributed by atoms with Crippen molar-refractivity contribution in [3.63, 3.8) is 0 Å². The summed E-state index contributed by atoms with van der Waals surface area (Å²) in [5.74, 6) is -0.0385. The Morgan fingerprint density at radius 3 is 3.10 bits per heavy atom. The number of aromatic nitrogens is 1. The second kappa shape index (κ2) is 7.45. The van der Waals surface area contributed by atoms with E-state index in [4.69, 9.17) is 0 Å². The number of carbonyl (C=O) groups is 1. The first kappa shape index (κ1) is 15.1. The standard InChI is InChI=1S/C15H25N3O2/c1-2-12-6-7-14(17-12)15(20)16-8-4-10-18-9-3-5-13(19)11-18/h6-7,13,17,19H,2-5,8-11H2,1H3,(H,16,20). The zero-order chi connectivity index (χ0) is 14.4. The third-order valence-corrected chi connectivity index (χ3v) is 3.79. The van der Waals surface area contributed by atoms with Crippen molar-refractivity contribution in [3.8, 4) is 0 Å². The molecular weight excluding hydrogens is 254 g/mol. The molecule has 0 aliphatic carbocycles. The molecule has 2 rings (SSSR count). The van der Waals surface area contributed by atoms with Crippen molar-refractivity contribution in [1.29, 1.82) is 0 Å². The van der Waals surface area contributed by atoms with Crippen molar-refractivity contribution < 1.29 is 9.90 Å². The number of nitrogens with zero attached hydrogens (tertiary/aromatic N) is 1. The van der Waals surface area contributed by atoms with E-state index in [1.807, 2.05) is 12.1 Å². The number of β-amino-alcohol motifs (C(OH)–C–C–N with tert-alkyl or cyclic N) is 1. The summed E-state index contributed by atoms with van der Waals surface area (Å²) in [6.45, 7) is 5.49. The normalized spacial score (nSPS) is 20.0. The molecule has 5 heteroatoms. The van der Waals surface area contributed by atoms with Crippen LogP contribution < -0.4 is 5.32 Å². The molecule has 0 spiro atoms. The van der Waals surface area contributed by atoms with E-state index in [1.165, 1.54) is 0 Å². The number of aliphatic hydroxyl groups is 1. The molecule has 1 saturated heterocycles. The largest absolute Gasteiger partial charge is 0.392 e. The molecule has 3 N–H and O–H groups in total. The number of hydrogen-bond donors (Lipinski definition) is 3. The van der Waals surface area contributed by atoms with Crippen LogP contribution in [0.15, 0.2) is 12.1 Å². The minimum absolute atomic E-state index is 0.0385. The van der Waals surface area contributed by atoms with Crippen LogP contribution in [0.4, 0.5) is 0 Å². The van der Waals surface area contributed by atoms with E-state index in [2.05, 4.69) is 22.1 Å². The quantitative estimate of drug-likeness (QED) is 0.684. The first-order valence-electron chi connectivity index (χ1n) is 7.55. The Morgan fingerprint density at radius 2 is 2.40 bits per heavy atom. The van der Waals surface area contributed by atoms with Gasteiger partial charge in [-0.2, -0.15) is 0 Å². The summed E-state index contributed by atoms with van der Waals surface area (Å²) in [6.07, 6.45) is 3.63. The number of H-pyrrole nitrogens is 1. The van der Waals surface area contributed by atoms with Gasteiger partial charge in [-0.25, -0.2) is 0 Å². The second-order valence-electron chi connectivity index (χ2n) is 5.46. The van der Waals surface area contributed by atoms with Crippen molar-refractivity contribution in [3.05, 3.63) is 23.5 Å². The van der Waals surface area contributed by atoms with E-state index >= 15 is 0 Å². The molecule has 1 aromatic heterocycles. The van der Waals surface area contributed by atoms with Gasteiger partial charge >= 0.3 is 0 Å². The molecule has 0 aromatic carbocycles. The molecule has 2 heterocycles. The molecule has 20 heavy (non-hydrogen) atoms. The third-order valence-electron chi connectivity index (χ3n) is 3.79. The van der Waals surface area contributed by atoms with Gasteiger partial charge in [-0.1, -0.05) is 6.92 Å². The lowest BCUT2D eigenvalue weighted by molar-refractivity contribution is 0.0697. The summed E-state index contributed by atoms with van der Waals surface area (Å²) >= 11 is 0. The molecule has 1 atom stereocenters. The molecular formula is C15H25N3O2. The lowest BCUT2D eigenvalue weighted by atomic mass is 10.1. The highest BCUT2D eigenvalue weighted by Gasteiger charge is 2.16. The number of aryl methyl sites for hydroxylation is 1. The fourth-order valence-electron chi connectivity index (χ4n) is 2.61. The fourth-order valence-corrected chi connectivity index (χ4v) is 2.61. The fraction of sp³-hybridized carbons (Fsp3) is 0.667. The van der Waals surface area contributed by atoms with E-state index < -0.39 is 0 Å². The van der Waals surface area contributed by atoms with Crippen molar-refractivity contribution in [2.45, 2.75) is 38.7 Å². The molecule has 0 radical (unpaired) electrons. The van der Waals surface area contributed by atoms with Gasteiger partial charge in [0.05, 0.1) is 6.10 Å². The van der Waals surface area contributed by atoms with E-state index in [9.17, 15) is 9.90 Å². The Balaban J connectivity index is 1.64. The predicted octanol–water partition coefficient (Wildman–Crippen LogP) is 1.15. The summed E-state index contributed by atoms with van der Waals surface area (Å²) in [5, 5.41) is 12.5. The van der Waals surface area contributed by atoms with E-state index in [0.29, 0.717) is 12.2 Å². The van der Waals surface area contributed by atoms with Crippen molar-refractivity contribution in [1.82, 2.24) is 15.2 Å². The monoisotopic (exact) mass is 279 g/mol. The number of piperidine rings is 1. The van der Waals surface area contributed by atoms with Gasteiger partial charge < -0.3 is 20.3 Å². The smallest absolute Gasteiger partial charge is 0.267 e. The number of aliphatic hydroxyl groups excluding tert-OH is 1. The molecule has 1 aliphatic rings. The number of rotatable bonds is 6. The maximum absolute atomic E-state index is 11.9. The van der Waals surface area contributed by atoms with Gasteiger partial charge in [0, 0.05) is 18.8 Å². The Bertz CT molecular complexity index is 431. The number of aromatic amines is 1. The predicted molar refractivity (Wildman–Crippen MR) is 78.8 cm³/mol. The van der Waals surface area contributed by atoms with Crippen LogP contribution in [0.25, 0.3) is 0 Å². The Morgan fingerprint density at radius 1 is 1.55 bits per heavy atom. The van der Waals surface area contributed by atoms with Crippen LogP contribution in [-0.4, -0.2) is 53.2 Å². The van der Waals surface area contributed by atoms with Crippen LogP contribution in [0.3, 0.4) is 0 Å². The molecule has 112 valence electrons. The number of carbonyl (C=O) groups excluding carboxylic acids is 1. The van der Waals surface area contributed by atoms with Crippen LogP contribution in [-0.2, 0) is 6.42 Å². The topological polar surface area (TPSA) is 68.4 Å². The highest BCUT2D eigenvalue weighted by atomic mass is 16.3. The van der Waals surface area contributed by atoms with Gasteiger partial charge in [0.2, 0.25) is 0 Å². The molecule has 0 saturated carbocycles. The lowest BCUT2D eigenvalue weighted by Crippen LogP contribution is -2.39. The van der Waals surface area contributed by atoms with E-state index in [-0.39, 0.29) is 12.0 Å². The summed E-state index contributed by atoms with van der Waals surface area (Å²) in [4.78, 5) is 17.3. The van der Waals surface area contributed by atoms with Crippen LogP contribution in [0.2, 0.25) is 0 Å². The van der Waals surface area contributed by atoms with Gasteiger partial charge in [-0.05, 0) is 50.9 Å². The zero-order valence-corrected chi connectivity index (χ0v) is 12.2. The van der Waals surface area contributed by atoms with Crippen LogP contribution in [0.5, 0.6) is 0 Å². The van der Waals surface area contributed by atoms with Gasteiger partial charge in [-0.15, -0.1) is 0 Å². The second-order valence-corrected chi connectivity index (χ2v) is 5.46. The zero-order valence-electron chi connectivity index (χ0n) is 12.2. The van der Waals surface area contributed by atoms with Crippen molar-refractivity contribution in [2.75, 3.05) is 26.2 Å². The summed E-state index contributed by atoms with van der Waals surface area (Å²) in [7, 11) is 0. The van der Waals surface area contributed by atoms with E-state index in [0.717, 1.165) is 51.0 Å². The Hall–Kier alpha value is -1.33. The molecule has 1 unspecified atom stereocenters. The van der Waals surface area contributed by atoms with Crippen LogP contribution in [0, 0.1) is 0 Å². The average molecular weight is 279 g/mol. The summed E-state index contributed by atoms with van der Waals surface area (Å²) < 4.78 is 0. The molecule has 0 bridgehead atoms. The number of hydrogen-bond acceptors (Lipinski definition) is 3. The molecule has 1 aromatic rings. The third kappa shape index (κ3) is 4.35. The van der Waals surface area contributed by atoms with Crippen LogP contribution >= 0.6 is 0 Å². The highest BCUT2D eigenvalue weighted by molar-refractivity contribution is 5.92.